The molecule has 1 rings (SSSR count). The number of nitrogens with zero attached hydrogens (tertiary/aromatic N) is 1. The summed E-state index contributed by atoms with van der Waals surface area (Å²) < 4.78 is 0.714. The molecule has 0 fully saturated rings. The van der Waals surface area contributed by atoms with Gasteiger partial charge in [0.1, 0.15) is 9.34 Å². The van der Waals surface area contributed by atoms with E-state index in [-0.39, 0.29) is 6.04 Å². The lowest BCUT2D eigenvalue weighted by Gasteiger charge is -2.04. The molecule has 1 unspecified atom stereocenters. The van der Waals surface area contributed by atoms with Crippen LogP contribution in [0.25, 0.3) is 0 Å². The molecular weight excluding hydrogens is 180 g/mol. The lowest BCUT2D eigenvalue weighted by atomic mass is 10.2. The Labute approximate surface area is 75.4 Å². The summed E-state index contributed by atoms with van der Waals surface area (Å²) >= 11 is 7.17. The number of halogens is 1. The van der Waals surface area contributed by atoms with E-state index in [9.17, 15) is 0 Å². The molecule has 0 amide bonds. The van der Waals surface area contributed by atoms with E-state index in [0.717, 1.165) is 17.8 Å². The van der Waals surface area contributed by atoms with Crippen LogP contribution in [-0.2, 0) is 0 Å². The fraction of sp³-hybridized carbons (Fsp3) is 0.571. The quantitative estimate of drug-likeness (QED) is 0.796. The molecular formula is C7H11ClN2S. The topological polar surface area (TPSA) is 38.9 Å². The highest BCUT2D eigenvalue weighted by molar-refractivity contribution is 7.15. The van der Waals surface area contributed by atoms with E-state index in [4.69, 9.17) is 17.3 Å². The maximum Gasteiger partial charge on any atom is 0.113 e. The van der Waals surface area contributed by atoms with E-state index in [2.05, 4.69) is 11.9 Å². The zero-order valence-corrected chi connectivity index (χ0v) is 7.95. The summed E-state index contributed by atoms with van der Waals surface area (Å²) in [5.41, 5.74) is 5.81. The minimum Gasteiger partial charge on any atom is -0.322 e. The van der Waals surface area contributed by atoms with E-state index in [1.165, 1.54) is 11.3 Å². The molecule has 0 aromatic carbocycles. The molecule has 4 heteroatoms. The van der Waals surface area contributed by atoms with E-state index >= 15 is 0 Å². The predicted molar refractivity (Wildman–Crippen MR) is 49.0 cm³/mol. The van der Waals surface area contributed by atoms with Gasteiger partial charge in [-0.3, -0.25) is 0 Å². The Morgan fingerprint density at radius 1 is 1.82 bits per heavy atom. The van der Waals surface area contributed by atoms with Crippen LogP contribution in [0, 0.1) is 0 Å². The lowest BCUT2D eigenvalue weighted by molar-refractivity contribution is 0.634. The number of thiazole rings is 1. The first-order valence-electron chi connectivity index (χ1n) is 3.61. The van der Waals surface area contributed by atoms with E-state index < -0.39 is 0 Å². The SMILES string of the molecule is CCCC(N)c1ncc(Cl)s1. The molecule has 1 aromatic rings. The monoisotopic (exact) mass is 190 g/mol. The normalized spacial score (nSPS) is 13.4. The van der Waals surface area contributed by atoms with Crippen molar-refractivity contribution in [1.29, 1.82) is 0 Å². The fourth-order valence-corrected chi connectivity index (χ4v) is 1.84. The largest absolute Gasteiger partial charge is 0.322 e. The van der Waals surface area contributed by atoms with Crippen LogP contribution >= 0.6 is 22.9 Å². The number of nitrogens with two attached hydrogens (primary N) is 1. The van der Waals surface area contributed by atoms with Gasteiger partial charge in [-0.15, -0.1) is 11.3 Å². The molecule has 11 heavy (non-hydrogen) atoms. The summed E-state index contributed by atoms with van der Waals surface area (Å²) in [6, 6.07) is 0.0671. The second-order valence-corrected chi connectivity index (χ2v) is 4.09. The summed E-state index contributed by atoms with van der Waals surface area (Å²) in [6.45, 7) is 2.11. The van der Waals surface area contributed by atoms with Crippen molar-refractivity contribution in [2.75, 3.05) is 0 Å². The molecule has 1 atom stereocenters. The average Bonchev–Trinajstić information content (AvgIpc) is 2.36. The van der Waals surface area contributed by atoms with Crippen molar-refractivity contribution in [3.8, 4) is 0 Å². The van der Waals surface area contributed by atoms with Crippen molar-refractivity contribution in [2.24, 2.45) is 5.73 Å². The number of hydrogen-bond donors (Lipinski definition) is 1. The number of hydrogen-bond acceptors (Lipinski definition) is 3. The molecule has 0 saturated carbocycles. The van der Waals surface area contributed by atoms with Gasteiger partial charge < -0.3 is 5.73 Å². The van der Waals surface area contributed by atoms with Gasteiger partial charge in [0.05, 0.1) is 12.2 Å². The van der Waals surface area contributed by atoms with Gasteiger partial charge in [0, 0.05) is 0 Å². The third-order valence-corrected chi connectivity index (χ3v) is 2.66. The molecule has 2 nitrogen and oxygen atoms in total. The third-order valence-electron chi connectivity index (χ3n) is 1.41. The molecule has 0 bridgehead atoms. The lowest BCUT2D eigenvalue weighted by Crippen LogP contribution is -2.08. The van der Waals surface area contributed by atoms with Crippen LogP contribution in [0.2, 0.25) is 4.34 Å². The van der Waals surface area contributed by atoms with Gasteiger partial charge in [-0.05, 0) is 6.42 Å². The third kappa shape index (κ3) is 2.43. The number of aromatic nitrogens is 1. The Balaban J connectivity index is 2.60. The summed E-state index contributed by atoms with van der Waals surface area (Å²) in [5.74, 6) is 0. The summed E-state index contributed by atoms with van der Waals surface area (Å²) in [5, 5.41) is 0.942. The Hall–Kier alpha value is -0.120. The van der Waals surface area contributed by atoms with Crippen LogP contribution < -0.4 is 5.73 Å². The zero-order chi connectivity index (χ0) is 8.27. The maximum atomic E-state index is 5.81. The van der Waals surface area contributed by atoms with Gasteiger partial charge >= 0.3 is 0 Å². The maximum absolute atomic E-state index is 5.81. The van der Waals surface area contributed by atoms with Crippen molar-refractivity contribution in [1.82, 2.24) is 4.98 Å². The molecule has 0 radical (unpaired) electrons. The Morgan fingerprint density at radius 2 is 2.55 bits per heavy atom. The summed E-state index contributed by atoms with van der Waals surface area (Å²) in [7, 11) is 0. The molecule has 62 valence electrons. The molecule has 1 aromatic heterocycles. The van der Waals surface area contributed by atoms with Crippen molar-refractivity contribution in [2.45, 2.75) is 25.8 Å². The van der Waals surface area contributed by atoms with Gasteiger partial charge in [-0.25, -0.2) is 4.98 Å². The van der Waals surface area contributed by atoms with Gasteiger partial charge in [0.25, 0.3) is 0 Å². The molecule has 2 N–H and O–H groups in total. The van der Waals surface area contributed by atoms with Crippen LogP contribution in [0.15, 0.2) is 6.20 Å². The van der Waals surface area contributed by atoms with E-state index in [0.29, 0.717) is 4.34 Å². The minimum absolute atomic E-state index is 0.0671. The second-order valence-electron chi connectivity index (χ2n) is 2.40. The van der Waals surface area contributed by atoms with Crippen LogP contribution in [0.4, 0.5) is 0 Å². The highest BCUT2D eigenvalue weighted by Gasteiger charge is 2.08. The molecule has 0 aliphatic rings. The van der Waals surface area contributed by atoms with Gasteiger partial charge in [0.2, 0.25) is 0 Å². The van der Waals surface area contributed by atoms with E-state index in [1.807, 2.05) is 0 Å². The molecule has 0 aliphatic carbocycles. The Morgan fingerprint density at radius 3 is 3.00 bits per heavy atom. The summed E-state index contributed by atoms with van der Waals surface area (Å²) in [4.78, 5) is 4.10. The van der Waals surface area contributed by atoms with Crippen LogP contribution in [0.5, 0.6) is 0 Å². The zero-order valence-electron chi connectivity index (χ0n) is 6.38. The first-order chi connectivity index (χ1) is 5.24. The first kappa shape index (κ1) is 8.97. The first-order valence-corrected chi connectivity index (χ1v) is 4.80. The fourth-order valence-electron chi connectivity index (χ4n) is 0.873. The Kier molecular flexibility index (Phi) is 3.30. The average molecular weight is 191 g/mol. The molecule has 0 saturated heterocycles. The van der Waals surface area contributed by atoms with Crippen molar-refractivity contribution >= 4 is 22.9 Å². The van der Waals surface area contributed by atoms with Gasteiger partial charge in [-0.1, -0.05) is 24.9 Å². The summed E-state index contributed by atoms with van der Waals surface area (Å²) in [6.07, 6.45) is 3.71. The van der Waals surface area contributed by atoms with Crippen molar-refractivity contribution in [3.63, 3.8) is 0 Å². The predicted octanol–water partition coefficient (Wildman–Crippen LogP) is 2.60. The van der Waals surface area contributed by atoms with Crippen LogP contribution in [0.3, 0.4) is 0 Å². The number of rotatable bonds is 3. The van der Waals surface area contributed by atoms with Crippen molar-refractivity contribution in [3.05, 3.63) is 15.5 Å². The highest BCUT2D eigenvalue weighted by Crippen LogP contribution is 2.24. The minimum atomic E-state index is 0.0671. The smallest absolute Gasteiger partial charge is 0.113 e. The highest BCUT2D eigenvalue weighted by atomic mass is 35.5. The molecule has 0 spiro atoms. The molecule has 1 heterocycles. The Bertz CT molecular complexity index is 224. The van der Waals surface area contributed by atoms with Crippen LogP contribution in [0.1, 0.15) is 30.8 Å². The van der Waals surface area contributed by atoms with E-state index in [1.54, 1.807) is 6.20 Å². The van der Waals surface area contributed by atoms with Gasteiger partial charge in [0.15, 0.2) is 0 Å². The second kappa shape index (κ2) is 4.04. The van der Waals surface area contributed by atoms with Gasteiger partial charge in [-0.2, -0.15) is 0 Å². The van der Waals surface area contributed by atoms with Crippen LogP contribution in [-0.4, -0.2) is 4.98 Å². The molecule has 0 aliphatic heterocycles. The standard InChI is InChI=1S/C7H11ClN2S/c1-2-3-5(9)7-10-4-6(8)11-7/h4-5H,2-3,9H2,1H3. The van der Waals surface area contributed by atoms with Crippen molar-refractivity contribution < 1.29 is 0 Å².